The molecule has 0 aliphatic carbocycles. The van der Waals surface area contributed by atoms with Crippen LogP contribution in [0, 0.1) is 5.82 Å². The van der Waals surface area contributed by atoms with Crippen LogP contribution in [-0.4, -0.2) is 61.1 Å². The summed E-state index contributed by atoms with van der Waals surface area (Å²) < 4.78 is 51.4. The predicted molar refractivity (Wildman–Crippen MR) is 135 cm³/mol. The molecule has 2 aromatic carbocycles. The summed E-state index contributed by atoms with van der Waals surface area (Å²) in [5, 5.41) is 2.80. The molecule has 10 nitrogen and oxygen atoms in total. The van der Waals surface area contributed by atoms with E-state index in [-0.39, 0.29) is 35.4 Å². The topological polar surface area (TPSA) is 126 Å². The Labute approximate surface area is 224 Å². The standard InChI is InChI=1S/C27H26FN3O7S/c28-19-11-9-18(10-12-19)16-30(24(32)17-31-27(34)21-6-1-2-8-23(21)39(31,35)36)25(22-7-4-14-38-22)26(33)29-15-20-5-3-13-37-20/h1-2,4,6-12,14,20,25H,3,5,13,15-17H2,(H,29,33)/t20-,25+/m1/s1. The maximum atomic E-state index is 13.8. The van der Waals surface area contributed by atoms with Crippen LogP contribution < -0.4 is 5.32 Å². The van der Waals surface area contributed by atoms with Gasteiger partial charge in [0.05, 0.1) is 17.9 Å². The van der Waals surface area contributed by atoms with E-state index in [0.717, 1.165) is 17.7 Å². The van der Waals surface area contributed by atoms with Gasteiger partial charge >= 0.3 is 0 Å². The van der Waals surface area contributed by atoms with Gasteiger partial charge in [-0.05, 0) is 54.8 Å². The number of rotatable bonds is 9. The summed E-state index contributed by atoms with van der Waals surface area (Å²) in [7, 11) is -4.28. The number of carbonyl (C=O) groups is 3. The minimum absolute atomic E-state index is 0.0349. The van der Waals surface area contributed by atoms with Crippen molar-refractivity contribution in [1.29, 1.82) is 0 Å². The molecule has 1 saturated heterocycles. The predicted octanol–water partition coefficient (Wildman–Crippen LogP) is 2.63. The van der Waals surface area contributed by atoms with Crippen LogP contribution in [0.3, 0.4) is 0 Å². The van der Waals surface area contributed by atoms with E-state index in [0.29, 0.717) is 16.5 Å². The monoisotopic (exact) mass is 555 g/mol. The van der Waals surface area contributed by atoms with Crippen molar-refractivity contribution in [3.05, 3.63) is 89.6 Å². The van der Waals surface area contributed by atoms with Gasteiger partial charge in [0.25, 0.3) is 21.8 Å². The van der Waals surface area contributed by atoms with Gasteiger partial charge in [-0.25, -0.2) is 17.1 Å². The third kappa shape index (κ3) is 5.43. The second kappa shape index (κ2) is 11.0. The first-order valence-electron chi connectivity index (χ1n) is 12.4. The second-order valence-corrected chi connectivity index (χ2v) is 11.1. The maximum Gasteiger partial charge on any atom is 0.269 e. The molecule has 0 radical (unpaired) electrons. The molecule has 39 heavy (non-hydrogen) atoms. The first-order valence-corrected chi connectivity index (χ1v) is 13.8. The summed E-state index contributed by atoms with van der Waals surface area (Å²) in [5.74, 6) is -2.58. The summed E-state index contributed by atoms with van der Waals surface area (Å²) in [6.45, 7) is -0.221. The molecule has 3 amide bonds. The largest absolute Gasteiger partial charge is 0.467 e. The molecule has 3 aromatic rings. The maximum absolute atomic E-state index is 13.8. The lowest BCUT2D eigenvalue weighted by Gasteiger charge is -2.31. The lowest BCUT2D eigenvalue weighted by molar-refractivity contribution is -0.142. The average Bonchev–Trinajstić information content (AvgIpc) is 3.68. The van der Waals surface area contributed by atoms with E-state index in [4.69, 9.17) is 9.15 Å². The van der Waals surface area contributed by atoms with Crippen LogP contribution in [0.5, 0.6) is 0 Å². The smallest absolute Gasteiger partial charge is 0.269 e. The van der Waals surface area contributed by atoms with Crippen molar-refractivity contribution >= 4 is 27.7 Å². The summed E-state index contributed by atoms with van der Waals surface area (Å²) in [6.07, 6.45) is 2.83. The number of benzene rings is 2. The molecule has 2 aliphatic rings. The molecule has 5 rings (SSSR count). The first-order chi connectivity index (χ1) is 18.8. The molecule has 1 fully saturated rings. The number of hydrogen-bond donors (Lipinski definition) is 1. The molecule has 3 heterocycles. The molecular weight excluding hydrogens is 529 g/mol. The Morgan fingerprint density at radius 3 is 2.54 bits per heavy atom. The molecule has 0 saturated carbocycles. The molecule has 2 atom stereocenters. The Balaban J connectivity index is 1.47. The van der Waals surface area contributed by atoms with E-state index >= 15 is 0 Å². The summed E-state index contributed by atoms with van der Waals surface area (Å²) in [5.41, 5.74) is 0.444. The highest BCUT2D eigenvalue weighted by Gasteiger charge is 2.44. The van der Waals surface area contributed by atoms with Crippen molar-refractivity contribution in [3.63, 3.8) is 0 Å². The Morgan fingerprint density at radius 2 is 1.87 bits per heavy atom. The molecule has 0 spiro atoms. The highest BCUT2D eigenvalue weighted by atomic mass is 32.2. The van der Waals surface area contributed by atoms with Crippen molar-refractivity contribution < 1.29 is 36.3 Å². The van der Waals surface area contributed by atoms with Gasteiger partial charge in [0.15, 0.2) is 6.04 Å². The van der Waals surface area contributed by atoms with Crippen LogP contribution in [0.2, 0.25) is 0 Å². The second-order valence-electron chi connectivity index (χ2n) is 9.26. The lowest BCUT2D eigenvalue weighted by atomic mass is 10.1. The van der Waals surface area contributed by atoms with Crippen molar-refractivity contribution in [3.8, 4) is 0 Å². The summed E-state index contributed by atoms with van der Waals surface area (Å²) in [4.78, 5) is 41.2. The van der Waals surface area contributed by atoms with Crippen LogP contribution >= 0.6 is 0 Å². The lowest BCUT2D eigenvalue weighted by Crippen LogP contribution is -2.48. The number of hydrogen-bond acceptors (Lipinski definition) is 7. The Hall–Kier alpha value is -4.03. The third-order valence-electron chi connectivity index (χ3n) is 6.68. The normalized spacial score (nSPS) is 18.5. The minimum atomic E-state index is -4.28. The fourth-order valence-electron chi connectivity index (χ4n) is 4.70. The van der Waals surface area contributed by atoms with Gasteiger partial charge in [0.1, 0.15) is 23.0 Å². The zero-order valence-electron chi connectivity index (χ0n) is 20.8. The molecule has 1 N–H and O–H groups in total. The van der Waals surface area contributed by atoms with Gasteiger partial charge in [0, 0.05) is 19.7 Å². The highest BCUT2D eigenvalue weighted by Crippen LogP contribution is 2.31. The van der Waals surface area contributed by atoms with Crippen LogP contribution in [0.15, 0.2) is 76.2 Å². The third-order valence-corrected chi connectivity index (χ3v) is 8.47. The van der Waals surface area contributed by atoms with Crippen LogP contribution in [0.25, 0.3) is 0 Å². The Morgan fingerprint density at radius 1 is 1.10 bits per heavy atom. The molecule has 0 unspecified atom stereocenters. The molecule has 12 heteroatoms. The van der Waals surface area contributed by atoms with Crippen molar-refractivity contribution in [2.24, 2.45) is 0 Å². The van der Waals surface area contributed by atoms with Crippen molar-refractivity contribution in [2.45, 2.75) is 36.4 Å². The van der Waals surface area contributed by atoms with Crippen LogP contribution in [0.4, 0.5) is 4.39 Å². The SMILES string of the molecule is O=C(NC[C@H]1CCCO1)[C@H](c1ccco1)N(Cc1ccc(F)cc1)C(=O)CN1C(=O)c2ccccc2S1(=O)=O. The van der Waals surface area contributed by atoms with E-state index in [9.17, 15) is 27.2 Å². The van der Waals surface area contributed by atoms with Crippen molar-refractivity contribution in [1.82, 2.24) is 14.5 Å². The molecule has 0 bridgehead atoms. The quantitative estimate of drug-likeness (QED) is 0.430. The molecule has 204 valence electrons. The number of halogens is 1. The van der Waals surface area contributed by atoms with Gasteiger partial charge in [0.2, 0.25) is 5.91 Å². The molecule has 2 aliphatic heterocycles. The molecule has 1 aromatic heterocycles. The van der Waals surface area contributed by atoms with Gasteiger partial charge in [-0.15, -0.1) is 0 Å². The summed E-state index contributed by atoms with van der Waals surface area (Å²) in [6, 6.07) is 12.8. The number of nitrogens with zero attached hydrogens (tertiary/aromatic N) is 2. The number of fused-ring (bicyclic) bond motifs is 1. The summed E-state index contributed by atoms with van der Waals surface area (Å²) >= 11 is 0. The van der Waals surface area contributed by atoms with Gasteiger partial charge in [-0.1, -0.05) is 24.3 Å². The van der Waals surface area contributed by atoms with Crippen molar-refractivity contribution in [2.75, 3.05) is 19.7 Å². The number of sulfonamides is 1. The van der Waals surface area contributed by atoms with E-state index in [2.05, 4.69) is 5.32 Å². The van der Waals surface area contributed by atoms with E-state index in [1.54, 1.807) is 6.07 Å². The number of furan rings is 1. The van der Waals surface area contributed by atoms with Gasteiger partial charge in [-0.2, -0.15) is 0 Å². The Bertz CT molecular complexity index is 1470. The number of ether oxygens (including phenoxy) is 1. The number of carbonyl (C=O) groups excluding carboxylic acids is 3. The minimum Gasteiger partial charge on any atom is -0.467 e. The van der Waals surface area contributed by atoms with E-state index in [1.165, 1.54) is 60.9 Å². The fraction of sp³-hybridized carbons (Fsp3) is 0.296. The molecular formula is C27H26FN3O7S. The van der Waals surface area contributed by atoms with Gasteiger partial charge in [-0.3, -0.25) is 14.4 Å². The first kappa shape index (κ1) is 26.6. The van der Waals surface area contributed by atoms with E-state index < -0.39 is 46.1 Å². The van der Waals surface area contributed by atoms with Crippen LogP contribution in [-0.2, 0) is 30.9 Å². The fourth-order valence-corrected chi connectivity index (χ4v) is 6.22. The van der Waals surface area contributed by atoms with Crippen LogP contribution in [0.1, 0.15) is 40.6 Å². The van der Waals surface area contributed by atoms with E-state index in [1.807, 2.05) is 0 Å². The number of nitrogens with one attached hydrogen (secondary N) is 1. The zero-order valence-corrected chi connectivity index (χ0v) is 21.6. The van der Waals surface area contributed by atoms with Gasteiger partial charge < -0.3 is 19.4 Å². The zero-order chi connectivity index (χ0) is 27.6. The highest BCUT2D eigenvalue weighted by molar-refractivity contribution is 7.90. The average molecular weight is 556 g/mol. The Kier molecular flexibility index (Phi) is 7.49. The number of amides is 3.